The Morgan fingerprint density at radius 2 is 1.86 bits per heavy atom. The van der Waals surface area contributed by atoms with Gasteiger partial charge in [-0.25, -0.2) is 5.01 Å². The number of nitrogens with zero attached hydrogens (tertiary/aromatic N) is 2. The van der Waals surface area contributed by atoms with Gasteiger partial charge in [-0.05, 0) is 42.8 Å². The molecule has 0 aliphatic carbocycles. The Hall–Kier alpha value is -4.20. The van der Waals surface area contributed by atoms with Crippen molar-refractivity contribution in [2.75, 3.05) is 5.01 Å². The van der Waals surface area contributed by atoms with Gasteiger partial charge in [0.05, 0.1) is 10.6 Å². The van der Waals surface area contributed by atoms with Gasteiger partial charge in [-0.15, -0.1) is 0 Å². The lowest BCUT2D eigenvalue weighted by Crippen LogP contribution is -2.35. The summed E-state index contributed by atoms with van der Waals surface area (Å²) in [5, 5.41) is 12.1. The number of carbonyl (C=O) groups excluding carboxylic acids is 2. The van der Waals surface area contributed by atoms with E-state index in [-0.39, 0.29) is 17.0 Å². The van der Waals surface area contributed by atoms with E-state index in [0.29, 0.717) is 17.0 Å². The van der Waals surface area contributed by atoms with Gasteiger partial charge >= 0.3 is 0 Å². The quantitative estimate of drug-likeness (QED) is 0.317. The Balaban J connectivity index is 1.62. The zero-order valence-corrected chi connectivity index (χ0v) is 15.3. The first-order valence-corrected chi connectivity index (χ1v) is 8.71. The summed E-state index contributed by atoms with van der Waals surface area (Å²) in [6.45, 7) is 1.89. The van der Waals surface area contributed by atoms with E-state index in [1.807, 2.05) is 13.0 Å². The van der Waals surface area contributed by atoms with Crippen LogP contribution in [-0.2, 0) is 9.59 Å². The molecule has 1 N–H and O–H groups in total. The SMILES string of the molecule is Cc1cccc(N2NC(=O)/C(=C\c3ccc(-c4cccc([N+](=O)[O-])c4)o3)C2=O)c1. The molecule has 8 heteroatoms. The Morgan fingerprint density at radius 3 is 2.62 bits per heavy atom. The molecule has 0 radical (unpaired) electrons. The van der Waals surface area contributed by atoms with Crippen molar-refractivity contribution in [2.24, 2.45) is 0 Å². The molecule has 1 fully saturated rings. The first kappa shape index (κ1) is 18.2. The Kier molecular flexibility index (Phi) is 4.44. The summed E-state index contributed by atoms with van der Waals surface area (Å²) in [6.07, 6.45) is 1.36. The molecule has 0 unspecified atom stereocenters. The van der Waals surface area contributed by atoms with Crippen LogP contribution in [0.3, 0.4) is 0 Å². The third kappa shape index (κ3) is 3.51. The standard InChI is InChI=1S/C21H15N3O5/c1-13-4-2-6-15(10-13)23-21(26)18(20(25)22-23)12-17-8-9-19(29-17)14-5-3-7-16(11-14)24(27)28/h2-12H,1H3,(H,22,25)/b18-12+. The number of furan rings is 1. The van der Waals surface area contributed by atoms with Crippen LogP contribution in [0.1, 0.15) is 11.3 Å². The van der Waals surface area contributed by atoms with Crippen molar-refractivity contribution in [3.8, 4) is 11.3 Å². The van der Waals surface area contributed by atoms with Crippen molar-refractivity contribution < 1.29 is 18.9 Å². The molecule has 1 aliphatic heterocycles. The number of anilines is 1. The van der Waals surface area contributed by atoms with Crippen LogP contribution in [0.4, 0.5) is 11.4 Å². The summed E-state index contributed by atoms with van der Waals surface area (Å²) >= 11 is 0. The van der Waals surface area contributed by atoms with Gasteiger partial charge in [0.25, 0.3) is 17.5 Å². The number of nitro groups is 1. The van der Waals surface area contributed by atoms with Crippen LogP contribution in [0.25, 0.3) is 17.4 Å². The average molecular weight is 389 g/mol. The highest BCUT2D eigenvalue weighted by molar-refractivity contribution is 6.31. The molecule has 2 heterocycles. The summed E-state index contributed by atoms with van der Waals surface area (Å²) in [6, 6.07) is 16.4. The van der Waals surface area contributed by atoms with Gasteiger partial charge in [-0.1, -0.05) is 24.3 Å². The maximum absolute atomic E-state index is 12.7. The van der Waals surface area contributed by atoms with Gasteiger partial charge in [0.1, 0.15) is 17.1 Å². The maximum atomic E-state index is 12.7. The molecular weight excluding hydrogens is 374 g/mol. The minimum absolute atomic E-state index is 0.0575. The van der Waals surface area contributed by atoms with Crippen molar-refractivity contribution in [3.63, 3.8) is 0 Å². The number of benzene rings is 2. The molecule has 144 valence electrons. The lowest BCUT2D eigenvalue weighted by Gasteiger charge is -2.14. The highest BCUT2D eigenvalue weighted by atomic mass is 16.6. The van der Waals surface area contributed by atoms with Crippen LogP contribution in [-0.4, -0.2) is 16.7 Å². The van der Waals surface area contributed by atoms with Crippen LogP contribution in [0.2, 0.25) is 0 Å². The monoisotopic (exact) mass is 389 g/mol. The van der Waals surface area contributed by atoms with Crippen molar-refractivity contribution in [3.05, 3.63) is 87.7 Å². The van der Waals surface area contributed by atoms with Gasteiger partial charge in [0.2, 0.25) is 0 Å². The van der Waals surface area contributed by atoms with Crippen LogP contribution < -0.4 is 10.4 Å². The smallest absolute Gasteiger partial charge is 0.282 e. The van der Waals surface area contributed by atoms with Gasteiger partial charge < -0.3 is 4.42 Å². The summed E-state index contributed by atoms with van der Waals surface area (Å²) in [4.78, 5) is 35.4. The van der Waals surface area contributed by atoms with Crippen molar-refractivity contribution in [2.45, 2.75) is 6.92 Å². The predicted octanol–water partition coefficient (Wildman–Crippen LogP) is 3.62. The summed E-state index contributed by atoms with van der Waals surface area (Å²) in [7, 11) is 0. The van der Waals surface area contributed by atoms with E-state index in [9.17, 15) is 19.7 Å². The minimum atomic E-state index is -0.537. The molecule has 8 nitrogen and oxygen atoms in total. The zero-order valence-electron chi connectivity index (χ0n) is 15.3. The normalized spacial score (nSPS) is 15.1. The van der Waals surface area contributed by atoms with E-state index in [1.165, 1.54) is 23.2 Å². The molecule has 0 spiro atoms. The first-order chi connectivity index (χ1) is 13.9. The summed E-state index contributed by atoms with van der Waals surface area (Å²) in [5.41, 5.74) is 4.45. The fraction of sp³-hybridized carbons (Fsp3) is 0.0476. The van der Waals surface area contributed by atoms with E-state index in [4.69, 9.17) is 4.42 Å². The number of nitrogens with one attached hydrogen (secondary N) is 1. The topological polar surface area (TPSA) is 106 Å². The van der Waals surface area contributed by atoms with Crippen LogP contribution in [0.5, 0.6) is 0 Å². The van der Waals surface area contributed by atoms with Crippen molar-refractivity contribution >= 4 is 29.3 Å². The molecule has 2 amide bonds. The number of non-ortho nitro benzene ring substituents is 1. The van der Waals surface area contributed by atoms with Gasteiger partial charge in [-0.2, -0.15) is 0 Å². The molecule has 0 bridgehead atoms. The molecule has 4 rings (SSSR count). The highest BCUT2D eigenvalue weighted by Crippen LogP contribution is 2.28. The van der Waals surface area contributed by atoms with Gasteiger partial charge in [0.15, 0.2) is 0 Å². The molecule has 29 heavy (non-hydrogen) atoms. The van der Waals surface area contributed by atoms with E-state index >= 15 is 0 Å². The molecule has 0 saturated carbocycles. The fourth-order valence-electron chi connectivity index (χ4n) is 3.01. The van der Waals surface area contributed by atoms with E-state index in [2.05, 4.69) is 5.43 Å². The van der Waals surface area contributed by atoms with Crippen LogP contribution in [0.15, 0.2) is 70.7 Å². The molecule has 2 aromatic carbocycles. The molecular formula is C21H15N3O5. The molecule has 1 saturated heterocycles. The zero-order chi connectivity index (χ0) is 20.5. The number of amides is 2. The third-order valence-corrected chi connectivity index (χ3v) is 4.41. The molecule has 0 atom stereocenters. The number of hydrogen-bond acceptors (Lipinski definition) is 5. The molecule has 1 aromatic heterocycles. The number of carbonyl (C=O) groups is 2. The van der Waals surface area contributed by atoms with E-state index < -0.39 is 16.7 Å². The minimum Gasteiger partial charge on any atom is -0.457 e. The third-order valence-electron chi connectivity index (χ3n) is 4.41. The Bertz CT molecular complexity index is 1180. The number of rotatable bonds is 4. The second-order valence-corrected chi connectivity index (χ2v) is 6.49. The Morgan fingerprint density at radius 1 is 1.07 bits per heavy atom. The number of nitro benzene ring substituents is 1. The summed E-state index contributed by atoms with van der Waals surface area (Å²) < 4.78 is 5.67. The van der Waals surface area contributed by atoms with E-state index in [0.717, 1.165) is 5.56 Å². The van der Waals surface area contributed by atoms with Gasteiger partial charge in [-0.3, -0.25) is 25.1 Å². The van der Waals surface area contributed by atoms with Crippen LogP contribution >= 0.6 is 0 Å². The van der Waals surface area contributed by atoms with E-state index in [1.54, 1.807) is 42.5 Å². The lowest BCUT2D eigenvalue weighted by molar-refractivity contribution is -0.384. The predicted molar refractivity (Wildman–Crippen MR) is 106 cm³/mol. The molecule has 3 aromatic rings. The second-order valence-electron chi connectivity index (χ2n) is 6.49. The number of hydrazine groups is 1. The van der Waals surface area contributed by atoms with Crippen molar-refractivity contribution in [1.29, 1.82) is 0 Å². The van der Waals surface area contributed by atoms with Gasteiger partial charge in [0, 0.05) is 17.7 Å². The average Bonchev–Trinajstić information content (AvgIpc) is 3.28. The van der Waals surface area contributed by atoms with Crippen molar-refractivity contribution in [1.82, 2.24) is 5.43 Å². The largest absolute Gasteiger partial charge is 0.457 e. The highest BCUT2D eigenvalue weighted by Gasteiger charge is 2.34. The maximum Gasteiger partial charge on any atom is 0.282 e. The number of hydrogen-bond donors (Lipinski definition) is 1. The second kappa shape index (κ2) is 7.08. The molecule has 1 aliphatic rings. The fourth-order valence-corrected chi connectivity index (χ4v) is 3.01. The lowest BCUT2D eigenvalue weighted by atomic mass is 10.1. The van der Waals surface area contributed by atoms with Crippen LogP contribution in [0, 0.1) is 17.0 Å². The Labute approximate surface area is 165 Å². The first-order valence-electron chi connectivity index (χ1n) is 8.71. The number of aryl methyl sites for hydroxylation is 1. The summed E-state index contributed by atoms with van der Waals surface area (Å²) in [5.74, 6) is -0.350.